The van der Waals surface area contributed by atoms with Crippen molar-refractivity contribution in [2.45, 2.75) is 110 Å². The third-order valence-corrected chi connectivity index (χ3v) is 13.2. The fourth-order valence-corrected chi connectivity index (χ4v) is 6.73. The van der Waals surface area contributed by atoms with Crippen molar-refractivity contribution in [1.29, 1.82) is 0 Å². The first kappa shape index (κ1) is 30.3. The van der Waals surface area contributed by atoms with Crippen LogP contribution in [-0.4, -0.2) is 48.9 Å². The van der Waals surface area contributed by atoms with Crippen LogP contribution >= 0.6 is 0 Å². The largest absolute Gasteiger partial charge is 0.497 e. The molecule has 0 spiro atoms. The number of hydrogen-bond acceptors (Lipinski definition) is 4. The first-order valence-corrected chi connectivity index (χ1v) is 19.7. The maximum atomic E-state index is 6.74. The van der Waals surface area contributed by atoms with Gasteiger partial charge in [-0.25, -0.2) is 0 Å². The van der Waals surface area contributed by atoms with Crippen LogP contribution in [0.3, 0.4) is 0 Å². The molecule has 2 atom stereocenters. The number of methoxy groups -OCH3 is 1. The number of benzene rings is 1. The zero-order chi connectivity index (χ0) is 26.5. The second kappa shape index (κ2) is 12.1. The van der Waals surface area contributed by atoms with E-state index in [2.05, 4.69) is 85.2 Å². The number of ether oxygens (including phenoxy) is 3. The van der Waals surface area contributed by atoms with Crippen LogP contribution in [0.4, 0.5) is 0 Å². The van der Waals surface area contributed by atoms with E-state index in [0.29, 0.717) is 13.2 Å². The Kier molecular flexibility index (Phi) is 10.5. The Bertz CT molecular complexity index is 817. The van der Waals surface area contributed by atoms with Crippen LogP contribution < -0.4 is 4.74 Å². The fraction of sp³-hybridized carbons (Fsp3) is 0.724. The highest BCUT2D eigenvalue weighted by atomic mass is 28.4. The van der Waals surface area contributed by atoms with Crippen LogP contribution in [0.1, 0.15) is 59.4 Å². The second-order valence-corrected chi connectivity index (χ2v) is 23.4. The average molecular weight is 521 g/mol. The smallest absolute Gasteiger partial charge is 0.192 e. The van der Waals surface area contributed by atoms with Crippen molar-refractivity contribution in [3.05, 3.63) is 41.1 Å². The second-order valence-electron chi connectivity index (χ2n) is 13.6. The van der Waals surface area contributed by atoms with Crippen LogP contribution in [0.15, 0.2) is 35.5 Å². The molecule has 0 aliphatic carbocycles. The van der Waals surface area contributed by atoms with Crippen LogP contribution in [0.5, 0.6) is 5.75 Å². The molecule has 4 nitrogen and oxygen atoms in total. The van der Waals surface area contributed by atoms with Gasteiger partial charge in [-0.2, -0.15) is 0 Å². The molecule has 1 unspecified atom stereocenters. The first-order chi connectivity index (χ1) is 16.0. The molecular formula is C29H52O4Si2. The highest BCUT2D eigenvalue weighted by molar-refractivity contribution is 6.81. The van der Waals surface area contributed by atoms with E-state index in [1.54, 1.807) is 12.7 Å². The van der Waals surface area contributed by atoms with E-state index >= 15 is 0 Å². The fourth-order valence-electron chi connectivity index (χ4n) is 4.11. The highest BCUT2D eigenvalue weighted by Gasteiger charge is 2.42. The minimum absolute atomic E-state index is 0.0450. The number of hydrogen-bond donors (Lipinski definition) is 0. The molecule has 1 saturated heterocycles. The van der Waals surface area contributed by atoms with Gasteiger partial charge >= 0.3 is 0 Å². The van der Waals surface area contributed by atoms with Gasteiger partial charge in [0, 0.05) is 18.6 Å². The van der Waals surface area contributed by atoms with Gasteiger partial charge in [0.05, 0.1) is 34.0 Å². The summed E-state index contributed by atoms with van der Waals surface area (Å²) < 4.78 is 24.7. The summed E-state index contributed by atoms with van der Waals surface area (Å²) in [5.41, 5.74) is 5.28. The maximum Gasteiger partial charge on any atom is 0.192 e. The lowest BCUT2D eigenvalue weighted by molar-refractivity contribution is -0.108. The Hall–Kier alpha value is -0.926. The molecule has 1 fully saturated rings. The summed E-state index contributed by atoms with van der Waals surface area (Å²) in [6, 6.07) is 8.08. The Morgan fingerprint density at radius 3 is 2.14 bits per heavy atom. The molecule has 0 radical (unpaired) electrons. The average Bonchev–Trinajstić information content (AvgIpc) is 2.74. The summed E-state index contributed by atoms with van der Waals surface area (Å²) in [5, 5.41) is 0.211. The molecule has 0 amide bonds. The summed E-state index contributed by atoms with van der Waals surface area (Å²) >= 11 is 0. The van der Waals surface area contributed by atoms with Gasteiger partial charge in [-0.05, 0) is 55.1 Å². The molecule has 0 bridgehead atoms. The van der Waals surface area contributed by atoms with Crippen molar-refractivity contribution in [1.82, 2.24) is 0 Å². The third-order valence-electron chi connectivity index (χ3n) is 7.43. The molecule has 0 aromatic heterocycles. The lowest BCUT2D eigenvalue weighted by Crippen LogP contribution is -2.47. The molecule has 1 aliphatic rings. The maximum absolute atomic E-state index is 6.74. The minimum atomic E-state index is -1.81. The van der Waals surface area contributed by atoms with E-state index in [9.17, 15) is 0 Å². The molecule has 0 saturated carbocycles. The van der Waals surface area contributed by atoms with E-state index in [0.717, 1.165) is 37.2 Å². The monoisotopic (exact) mass is 520 g/mol. The van der Waals surface area contributed by atoms with E-state index in [1.807, 2.05) is 12.1 Å². The van der Waals surface area contributed by atoms with Crippen LogP contribution in [0.2, 0.25) is 37.8 Å². The highest BCUT2D eigenvalue weighted by Crippen LogP contribution is 2.41. The lowest BCUT2D eigenvalue weighted by atomic mass is 9.81. The van der Waals surface area contributed by atoms with Crippen LogP contribution in [0.25, 0.3) is 0 Å². The topological polar surface area (TPSA) is 36.9 Å². The molecule has 1 aromatic rings. The van der Waals surface area contributed by atoms with Crippen LogP contribution in [-0.2, 0) is 20.5 Å². The Morgan fingerprint density at radius 1 is 0.971 bits per heavy atom. The Balaban J connectivity index is 2.02. The van der Waals surface area contributed by atoms with Crippen molar-refractivity contribution >= 4 is 16.4 Å². The van der Waals surface area contributed by atoms with Crippen molar-refractivity contribution in [2.24, 2.45) is 5.41 Å². The summed E-state index contributed by atoms with van der Waals surface area (Å²) in [4.78, 5) is 0. The van der Waals surface area contributed by atoms with Gasteiger partial charge in [0.1, 0.15) is 5.75 Å². The summed E-state index contributed by atoms with van der Waals surface area (Å²) in [6.07, 6.45) is 3.30. The van der Waals surface area contributed by atoms with E-state index < -0.39 is 16.4 Å². The van der Waals surface area contributed by atoms with Gasteiger partial charge in [0.15, 0.2) is 8.32 Å². The van der Waals surface area contributed by atoms with Crippen LogP contribution in [0, 0.1) is 5.41 Å². The zero-order valence-electron chi connectivity index (χ0n) is 24.4. The van der Waals surface area contributed by atoms with Gasteiger partial charge in [-0.3, -0.25) is 0 Å². The van der Waals surface area contributed by atoms with Crippen molar-refractivity contribution < 1.29 is 18.6 Å². The van der Waals surface area contributed by atoms with E-state index in [1.165, 1.54) is 0 Å². The van der Waals surface area contributed by atoms with E-state index in [4.69, 9.17) is 18.6 Å². The molecule has 1 aliphatic heterocycles. The predicted octanol–water partition coefficient (Wildman–Crippen LogP) is 8.00. The molecule has 6 heteroatoms. The molecular weight excluding hydrogens is 468 g/mol. The summed E-state index contributed by atoms with van der Waals surface area (Å²) in [7, 11) is -1.43. The standard InChI is InChI=1S/C29H52O4Si2/c1-28(2,3)35(10,11)32-22-29(4,5)27-19-24(21-34(7,8)9)18-26(33-27)16-17-31-20-23-12-14-25(30-6)15-13-23/h12-15,21,26-27H,16-20,22H2,1-11H3/b24-21-/t26-,27?/m1/s1. The first-order valence-electron chi connectivity index (χ1n) is 13.2. The van der Waals surface area contributed by atoms with Gasteiger partial charge in [-0.1, -0.05) is 77.7 Å². The van der Waals surface area contributed by atoms with E-state index in [-0.39, 0.29) is 22.7 Å². The SMILES string of the molecule is COc1ccc(COCC[C@@H]2C/C(=C/[Si](C)(C)C)CC(C(C)(C)CO[Si](C)(C)C(C)(C)C)O2)cc1. The summed E-state index contributed by atoms with van der Waals surface area (Å²) in [5.74, 6) is 0.872. The predicted molar refractivity (Wildman–Crippen MR) is 154 cm³/mol. The molecule has 35 heavy (non-hydrogen) atoms. The number of rotatable bonds is 11. The zero-order valence-corrected chi connectivity index (χ0v) is 26.4. The van der Waals surface area contributed by atoms with Crippen molar-refractivity contribution in [2.75, 3.05) is 20.3 Å². The minimum Gasteiger partial charge on any atom is -0.497 e. The van der Waals surface area contributed by atoms with Gasteiger partial charge in [-0.15, -0.1) is 0 Å². The van der Waals surface area contributed by atoms with Crippen molar-refractivity contribution in [3.8, 4) is 5.75 Å². The van der Waals surface area contributed by atoms with Crippen molar-refractivity contribution in [3.63, 3.8) is 0 Å². The molecule has 200 valence electrons. The molecule has 0 N–H and O–H groups in total. The quantitative estimate of drug-likeness (QED) is 0.219. The Labute approximate surface area is 217 Å². The third kappa shape index (κ3) is 9.80. The lowest BCUT2D eigenvalue weighted by Gasteiger charge is -2.44. The van der Waals surface area contributed by atoms with Gasteiger partial charge in [0.2, 0.25) is 0 Å². The van der Waals surface area contributed by atoms with Gasteiger partial charge < -0.3 is 18.6 Å². The van der Waals surface area contributed by atoms with Gasteiger partial charge in [0.25, 0.3) is 0 Å². The Morgan fingerprint density at radius 2 is 1.60 bits per heavy atom. The normalized spacial score (nSPS) is 21.4. The molecule has 1 aromatic carbocycles. The molecule has 2 rings (SSSR count). The summed E-state index contributed by atoms with van der Waals surface area (Å²) in [6.45, 7) is 25.5. The molecule has 1 heterocycles.